The minimum atomic E-state index is 0.251. The van der Waals surface area contributed by atoms with E-state index < -0.39 is 0 Å². The summed E-state index contributed by atoms with van der Waals surface area (Å²) in [5.41, 5.74) is 2.83. The molecule has 0 bridgehead atoms. The quantitative estimate of drug-likeness (QED) is 0.604. The van der Waals surface area contributed by atoms with Gasteiger partial charge in [-0.1, -0.05) is 6.92 Å². The smallest absolute Gasteiger partial charge is 0.164 e. The first-order valence-electron chi connectivity index (χ1n) is 4.66. The van der Waals surface area contributed by atoms with Crippen molar-refractivity contribution in [1.29, 1.82) is 0 Å². The van der Waals surface area contributed by atoms with Crippen LogP contribution in [0.5, 0.6) is 0 Å². The molecule has 2 nitrogen and oxygen atoms in total. The number of pyridine rings is 1. The summed E-state index contributed by atoms with van der Waals surface area (Å²) >= 11 is 0. The zero-order chi connectivity index (χ0) is 9.42. The second-order valence-corrected chi connectivity index (χ2v) is 3.88. The molecule has 0 aromatic carbocycles. The third-order valence-corrected chi connectivity index (χ3v) is 2.49. The minimum Gasteiger partial charge on any atom is -0.294 e. The second kappa shape index (κ2) is 2.95. The van der Waals surface area contributed by atoms with Gasteiger partial charge in [-0.15, -0.1) is 0 Å². The van der Waals surface area contributed by atoms with Crippen LogP contribution in [-0.4, -0.2) is 10.8 Å². The van der Waals surface area contributed by atoms with Crippen molar-refractivity contribution in [3.63, 3.8) is 0 Å². The van der Waals surface area contributed by atoms with Gasteiger partial charge < -0.3 is 0 Å². The van der Waals surface area contributed by atoms with Gasteiger partial charge in [0.1, 0.15) is 0 Å². The van der Waals surface area contributed by atoms with Crippen molar-refractivity contribution >= 4 is 5.78 Å². The highest BCUT2D eigenvalue weighted by molar-refractivity contribution is 5.98. The molecule has 1 unspecified atom stereocenters. The van der Waals surface area contributed by atoms with Crippen molar-refractivity contribution in [2.45, 2.75) is 26.7 Å². The van der Waals surface area contributed by atoms with E-state index in [4.69, 9.17) is 0 Å². The normalized spacial score (nSPS) is 21.4. The number of nitrogens with zero attached hydrogens (tertiary/aromatic N) is 1. The first-order chi connectivity index (χ1) is 6.16. The van der Waals surface area contributed by atoms with E-state index in [0.717, 1.165) is 23.4 Å². The van der Waals surface area contributed by atoms with Gasteiger partial charge in [0.05, 0.1) is 5.69 Å². The van der Waals surface area contributed by atoms with Gasteiger partial charge in [-0.2, -0.15) is 0 Å². The molecule has 1 aliphatic rings. The molecule has 0 amide bonds. The van der Waals surface area contributed by atoms with Gasteiger partial charge in [0.15, 0.2) is 5.78 Å². The molecule has 0 fully saturated rings. The Morgan fingerprint density at radius 3 is 2.92 bits per heavy atom. The van der Waals surface area contributed by atoms with Crippen LogP contribution in [0.15, 0.2) is 12.1 Å². The van der Waals surface area contributed by atoms with E-state index in [9.17, 15) is 4.79 Å². The van der Waals surface area contributed by atoms with Crippen LogP contribution < -0.4 is 0 Å². The summed E-state index contributed by atoms with van der Waals surface area (Å²) in [6.07, 6.45) is 1.63. The van der Waals surface area contributed by atoms with Crippen LogP contribution in [0.3, 0.4) is 0 Å². The van der Waals surface area contributed by atoms with Crippen LogP contribution in [-0.2, 0) is 6.42 Å². The molecule has 0 saturated carbocycles. The molecule has 0 saturated heterocycles. The van der Waals surface area contributed by atoms with Crippen LogP contribution in [0, 0.1) is 12.8 Å². The number of aromatic nitrogens is 1. The van der Waals surface area contributed by atoms with E-state index >= 15 is 0 Å². The lowest BCUT2D eigenvalue weighted by atomic mass is 9.87. The maximum atomic E-state index is 11.6. The van der Waals surface area contributed by atoms with Gasteiger partial charge >= 0.3 is 0 Å². The van der Waals surface area contributed by atoms with E-state index in [-0.39, 0.29) is 5.78 Å². The van der Waals surface area contributed by atoms with Crippen LogP contribution in [0.1, 0.15) is 35.1 Å². The van der Waals surface area contributed by atoms with Crippen LogP contribution in [0.25, 0.3) is 0 Å². The number of Topliss-reactive ketones (excluding diaryl/α,β-unsaturated/α-hetero) is 1. The number of rotatable bonds is 0. The Balaban J connectivity index is 2.49. The Morgan fingerprint density at radius 1 is 1.38 bits per heavy atom. The standard InChI is InChI=1S/C11H13NO/c1-7-5-10-9(11(13)6-7)4-3-8(2)12-10/h3-4,7H,5-6H2,1-2H3. The zero-order valence-corrected chi connectivity index (χ0v) is 8.00. The van der Waals surface area contributed by atoms with Crippen LogP contribution >= 0.6 is 0 Å². The van der Waals surface area contributed by atoms with Crippen molar-refractivity contribution in [1.82, 2.24) is 4.98 Å². The molecule has 1 aliphatic carbocycles. The molecular weight excluding hydrogens is 162 g/mol. The molecule has 0 spiro atoms. The Bertz CT molecular complexity index is 357. The lowest BCUT2D eigenvalue weighted by Crippen LogP contribution is -2.19. The molecule has 0 aliphatic heterocycles. The number of aryl methyl sites for hydroxylation is 1. The van der Waals surface area contributed by atoms with Crippen molar-refractivity contribution in [3.05, 3.63) is 29.1 Å². The number of fused-ring (bicyclic) bond motifs is 1. The third kappa shape index (κ3) is 1.48. The fourth-order valence-corrected chi connectivity index (χ4v) is 1.85. The molecule has 0 N–H and O–H groups in total. The summed E-state index contributed by atoms with van der Waals surface area (Å²) in [5.74, 6) is 0.704. The largest absolute Gasteiger partial charge is 0.294 e. The highest BCUT2D eigenvalue weighted by Gasteiger charge is 2.22. The SMILES string of the molecule is Cc1ccc2c(n1)CC(C)CC2=O. The van der Waals surface area contributed by atoms with E-state index in [1.54, 1.807) is 0 Å². The number of ketones is 1. The molecule has 1 atom stereocenters. The van der Waals surface area contributed by atoms with Gasteiger partial charge in [-0.3, -0.25) is 9.78 Å². The Labute approximate surface area is 78.0 Å². The number of carbonyl (C=O) groups is 1. The molecular formula is C11H13NO. The fourth-order valence-electron chi connectivity index (χ4n) is 1.85. The summed E-state index contributed by atoms with van der Waals surface area (Å²) in [5, 5.41) is 0. The van der Waals surface area contributed by atoms with Crippen molar-refractivity contribution in [3.8, 4) is 0 Å². The number of hydrogen-bond donors (Lipinski definition) is 0. The van der Waals surface area contributed by atoms with E-state index in [1.807, 2.05) is 19.1 Å². The number of carbonyl (C=O) groups excluding carboxylic acids is 1. The van der Waals surface area contributed by atoms with Crippen molar-refractivity contribution < 1.29 is 4.79 Å². The first kappa shape index (κ1) is 8.42. The molecule has 2 heteroatoms. The average molecular weight is 175 g/mol. The summed E-state index contributed by atoms with van der Waals surface area (Å²) < 4.78 is 0. The van der Waals surface area contributed by atoms with E-state index in [2.05, 4.69) is 11.9 Å². The zero-order valence-electron chi connectivity index (χ0n) is 8.00. The van der Waals surface area contributed by atoms with Gasteiger partial charge in [0.2, 0.25) is 0 Å². The predicted octanol–water partition coefficient (Wildman–Crippen LogP) is 2.16. The van der Waals surface area contributed by atoms with Gasteiger partial charge in [0.25, 0.3) is 0 Å². The summed E-state index contributed by atoms with van der Waals surface area (Å²) in [4.78, 5) is 16.0. The molecule has 1 aromatic heterocycles. The van der Waals surface area contributed by atoms with Gasteiger partial charge in [0, 0.05) is 17.7 Å². The molecule has 68 valence electrons. The molecule has 2 rings (SSSR count). The van der Waals surface area contributed by atoms with Gasteiger partial charge in [-0.05, 0) is 31.4 Å². The molecule has 0 radical (unpaired) electrons. The molecule has 1 aromatic rings. The topological polar surface area (TPSA) is 30.0 Å². The predicted molar refractivity (Wildman–Crippen MR) is 50.8 cm³/mol. The van der Waals surface area contributed by atoms with Gasteiger partial charge in [-0.25, -0.2) is 0 Å². The lowest BCUT2D eigenvalue weighted by molar-refractivity contribution is 0.0952. The summed E-state index contributed by atoms with van der Waals surface area (Å²) in [7, 11) is 0. The number of hydrogen-bond acceptors (Lipinski definition) is 2. The Kier molecular flexibility index (Phi) is 1.91. The molecule has 1 heterocycles. The maximum Gasteiger partial charge on any atom is 0.164 e. The fraction of sp³-hybridized carbons (Fsp3) is 0.455. The second-order valence-electron chi connectivity index (χ2n) is 3.88. The van der Waals surface area contributed by atoms with E-state index in [1.165, 1.54) is 0 Å². The molecule has 13 heavy (non-hydrogen) atoms. The highest BCUT2D eigenvalue weighted by Crippen LogP contribution is 2.23. The van der Waals surface area contributed by atoms with E-state index in [0.29, 0.717) is 12.3 Å². The monoisotopic (exact) mass is 175 g/mol. The first-order valence-corrected chi connectivity index (χ1v) is 4.66. The average Bonchev–Trinajstić information content (AvgIpc) is 2.02. The lowest BCUT2D eigenvalue weighted by Gasteiger charge is -2.19. The summed E-state index contributed by atoms with van der Waals surface area (Å²) in [6, 6.07) is 3.82. The highest BCUT2D eigenvalue weighted by atomic mass is 16.1. The van der Waals surface area contributed by atoms with Crippen LogP contribution in [0.2, 0.25) is 0 Å². The third-order valence-electron chi connectivity index (χ3n) is 2.49. The summed E-state index contributed by atoms with van der Waals surface area (Å²) in [6.45, 7) is 4.06. The van der Waals surface area contributed by atoms with Crippen LogP contribution in [0.4, 0.5) is 0 Å². The minimum absolute atomic E-state index is 0.251. The van der Waals surface area contributed by atoms with Crippen molar-refractivity contribution in [2.24, 2.45) is 5.92 Å². The Hall–Kier alpha value is -1.18. The van der Waals surface area contributed by atoms with Crippen molar-refractivity contribution in [2.75, 3.05) is 0 Å². The maximum absolute atomic E-state index is 11.6. The Morgan fingerprint density at radius 2 is 2.15 bits per heavy atom.